The summed E-state index contributed by atoms with van der Waals surface area (Å²) >= 11 is 0. The van der Waals surface area contributed by atoms with Crippen LogP contribution >= 0.6 is 0 Å². The Morgan fingerprint density at radius 2 is 1.53 bits per heavy atom. The Kier molecular flexibility index (Phi) is 1.66. The summed E-state index contributed by atoms with van der Waals surface area (Å²) in [6.45, 7) is 2.23. The van der Waals surface area contributed by atoms with E-state index in [1.54, 1.807) is 0 Å². The molecule has 4 rings (SSSR count). The minimum absolute atomic E-state index is 0.00889. The Morgan fingerprint density at radius 1 is 0.882 bits per heavy atom. The number of rotatable bonds is 1. The van der Waals surface area contributed by atoms with Gasteiger partial charge in [-0.3, -0.25) is 0 Å². The third-order valence-electron chi connectivity index (χ3n) is 4.13. The zero-order valence-electron chi connectivity index (χ0n) is 9.76. The molecule has 0 aromatic heterocycles. The quantitative estimate of drug-likeness (QED) is 0.671. The van der Waals surface area contributed by atoms with Gasteiger partial charge < -0.3 is 4.74 Å². The highest BCUT2D eigenvalue weighted by Gasteiger charge is 2.64. The van der Waals surface area contributed by atoms with Crippen LogP contribution in [0.5, 0.6) is 0 Å². The average molecular weight is 222 g/mol. The summed E-state index contributed by atoms with van der Waals surface area (Å²) in [6, 6.07) is 19.4. The summed E-state index contributed by atoms with van der Waals surface area (Å²) in [6.07, 6.45) is 0.309. The second kappa shape index (κ2) is 2.99. The average Bonchev–Trinajstić information content (AvgIpc) is 2.98. The van der Waals surface area contributed by atoms with Crippen LogP contribution < -0.4 is 0 Å². The van der Waals surface area contributed by atoms with E-state index in [2.05, 4.69) is 61.5 Å². The van der Waals surface area contributed by atoms with Gasteiger partial charge >= 0.3 is 0 Å². The van der Waals surface area contributed by atoms with Crippen molar-refractivity contribution in [1.82, 2.24) is 0 Å². The van der Waals surface area contributed by atoms with E-state index in [1.807, 2.05) is 0 Å². The van der Waals surface area contributed by atoms with Crippen LogP contribution in [0.15, 0.2) is 54.6 Å². The first-order chi connectivity index (χ1) is 8.31. The fourth-order valence-electron chi connectivity index (χ4n) is 3.29. The third-order valence-corrected chi connectivity index (χ3v) is 4.13. The Bertz CT molecular complexity index is 575. The van der Waals surface area contributed by atoms with Crippen LogP contribution in [0, 0.1) is 0 Å². The maximum atomic E-state index is 5.93. The molecule has 17 heavy (non-hydrogen) atoms. The maximum absolute atomic E-state index is 5.93. The summed E-state index contributed by atoms with van der Waals surface area (Å²) < 4.78 is 5.93. The molecule has 1 saturated heterocycles. The molecule has 0 spiro atoms. The first-order valence-electron chi connectivity index (χ1n) is 6.12. The lowest BCUT2D eigenvalue weighted by atomic mass is 9.86. The van der Waals surface area contributed by atoms with Gasteiger partial charge in [-0.15, -0.1) is 0 Å². The minimum Gasteiger partial charge on any atom is -0.360 e. The molecule has 2 aliphatic rings. The van der Waals surface area contributed by atoms with E-state index in [4.69, 9.17) is 4.74 Å². The highest BCUT2D eigenvalue weighted by atomic mass is 16.6. The van der Waals surface area contributed by atoms with Crippen LogP contribution in [0.2, 0.25) is 0 Å². The SMILES string of the molecule is C[C@]12OC1c1ccccc1[C@@H]2c1ccccc1. The molecule has 1 aliphatic heterocycles. The largest absolute Gasteiger partial charge is 0.360 e. The number of fused-ring (bicyclic) bond motifs is 3. The van der Waals surface area contributed by atoms with Crippen molar-refractivity contribution >= 4 is 0 Å². The topological polar surface area (TPSA) is 12.5 Å². The van der Waals surface area contributed by atoms with E-state index in [1.165, 1.54) is 16.7 Å². The summed E-state index contributed by atoms with van der Waals surface area (Å²) in [7, 11) is 0. The minimum atomic E-state index is -0.00889. The number of epoxide rings is 1. The second-order valence-corrected chi connectivity index (χ2v) is 5.15. The van der Waals surface area contributed by atoms with Crippen molar-refractivity contribution in [2.45, 2.75) is 24.5 Å². The highest BCUT2D eigenvalue weighted by Crippen LogP contribution is 2.65. The highest BCUT2D eigenvalue weighted by molar-refractivity contribution is 5.52. The van der Waals surface area contributed by atoms with E-state index in [0.29, 0.717) is 12.0 Å². The van der Waals surface area contributed by atoms with E-state index in [9.17, 15) is 0 Å². The molecule has 0 bridgehead atoms. The molecule has 1 fully saturated rings. The zero-order chi connectivity index (χ0) is 11.5. The molecule has 1 heteroatoms. The zero-order valence-corrected chi connectivity index (χ0v) is 9.76. The van der Waals surface area contributed by atoms with E-state index in [0.717, 1.165) is 0 Å². The molecule has 0 N–H and O–H groups in total. The van der Waals surface area contributed by atoms with Crippen LogP contribution in [0.1, 0.15) is 35.6 Å². The standard InChI is InChI=1S/C16H14O/c1-16-14(11-7-3-2-4-8-11)12-9-5-6-10-13(12)15(16)17-16/h2-10,14-15H,1H3/t14-,15?,16+/m0/s1. The van der Waals surface area contributed by atoms with E-state index >= 15 is 0 Å². The lowest BCUT2D eigenvalue weighted by Gasteiger charge is -2.19. The van der Waals surface area contributed by atoms with Crippen molar-refractivity contribution in [3.8, 4) is 0 Å². The van der Waals surface area contributed by atoms with Crippen molar-refractivity contribution in [3.63, 3.8) is 0 Å². The Balaban J connectivity index is 1.92. The molecule has 3 atom stereocenters. The van der Waals surface area contributed by atoms with Crippen molar-refractivity contribution < 1.29 is 4.74 Å². The number of ether oxygens (including phenoxy) is 1. The number of benzene rings is 2. The van der Waals surface area contributed by atoms with Crippen molar-refractivity contribution in [3.05, 3.63) is 71.3 Å². The second-order valence-electron chi connectivity index (χ2n) is 5.15. The lowest BCUT2D eigenvalue weighted by Crippen LogP contribution is -2.15. The normalized spacial score (nSPS) is 33.0. The molecular formula is C16H14O. The maximum Gasteiger partial charge on any atom is 0.113 e. The van der Waals surface area contributed by atoms with Crippen molar-refractivity contribution in [1.29, 1.82) is 0 Å². The molecule has 1 heterocycles. The van der Waals surface area contributed by atoms with E-state index < -0.39 is 0 Å². The van der Waals surface area contributed by atoms with Gasteiger partial charge in [-0.2, -0.15) is 0 Å². The van der Waals surface area contributed by atoms with Crippen molar-refractivity contribution in [2.24, 2.45) is 0 Å². The predicted octanol–water partition coefficient (Wildman–Crippen LogP) is 3.66. The molecule has 1 unspecified atom stereocenters. The fraction of sp³-hybridized carbons (Fsp3) is 0.250. The van der Waals surface area contributed by atoms with Gasteiger partial charge in [-0.05, 0) is 23.6 Å². The van der Waals surface area contributed by atoms with Gasteiger partial charge in [0.1, 0.15) is 11.7 Å². The number of hydrogen-bond donors (Lipinski definition) is 0. The summed E-state index contributed by atoms with van der Waals surface area (Å²) in [5.41, 5.74) is 4.18. The van der Waals surface area contributed by atoms with Crippen LogP contribution in [0.25, 0.3) is 0 Å². The third kappa shape index (κ3) is 1.12. The van der Waals surface area contributed by atoms with E-state index in [-0.39, 0.29) is 5.60 Å². The van der Waals surface area contributed by atoms with Gasteiger partial charge in [0.15, 0.2) is 0 Å². The fourth-order valence-corrected chi connectivity index (χ4v) is 3.29. The van der Waals surface area contributed by atoms with Gasteiger partial charge in [0.2, 0.25) is 0 Å². The van der Waals surface area contributed by atoms with Gasteiger partial charge in [0, 0.05) is 5.92 Å². The van der Waals surface area contributed by atoms with Crippen molar-refractivity contribution in [2.75, 3.05) is 0 Å². The van der Waals surface area contributed by atoms with Crippen LogP contribution in [0.3, 0.4) is 0 Å². The Morgan fingerprint density at radius 3 is 2.29 bits per heavy atom. The molecule has 0 saturated carbocycles. The van der Waals surface area contributed by atoms with Gasteiger partial charge in [0.05, 0.1) is 0 Å². The van der Waals surface area contributed by atoms with Gasteiger partial charge in [-0.25, -0.2) is 0 Å². The molecular weight excluding hydrogens is 208 g/mol. The molecule has 84 valence electrons. The molecule has 1 aliphatic carbocycles. The molecule has 1 nitrogen and oxygen atoms in total. The van der Waals surface area contributed by atoms with Gasteiger partial charge in [0.25, 0.3) is 0 Å². The van der Waals surface area contributed by atoms with Gasteiger partial charge in [-0.1, -0.05) is 54.6 Å². The van der Waals surface area contributed by atoms with Crippen LogP contribution in [-0.2, 0) is 4.74 Å². The predicted molar refractivity (Wildman–Crippen MR) is 67.0 cm³/mol. The summed E-state index contributed by atoms with van der Waals surface area (Å²) in [5, 5.41) is 0. The Hall–Kier alpha value is -1.60. The first-order valence-corrected chi connectivity index (χ1v) is 6.12. The molecule has 2 aromatic rings. The first kappa shape index (κ1) is 9.43. The van der Waals surface area contributed by atoms with Crippen LogP contribution in [0.4, 0.5) is 0 Å². The molecule has 2 aromatic carbocycles. The molecule has 0 amide bonds. The molecule has 0 radical (unpaired) electrons. The lowest BCUT2D eigenvalue weighted by molar-refractivity contribution is 0.279. The monoisotopic (exact) mass is 222 g/mol. The summed E-state index contributed by atoms with van der Waals surface area (Å²) in [5.74, 6) is 0.393. The number of hydrogen-bond acceptors (Lipinski definition) is 1. The smallest absolute Gasteiger partial charge is 0.113 e. The summed E-state index contributed by atoms with van der Waals surface area (Å²) in [4.78, 5) is 0. The Labute approximate surface area is 101 Å². The van der Waals surface area contributed by atoms with Crippen LogP contribution in [-0.4, -0.2) is 5.60 Å².